The van der Waals surface area contributed by atoms with Gasteiger partial charge in [0.1, 0.15) is 0 Å². The maximum atomic E-state index is 11.8. The Bertz CT molecular complexity index is 492. The Morgan fingerprint density at radius 2 is 1.15 bits per heavy atom. The summed E-state index contributed by atoms with van der Waals surface area (Å²) in [6.45, 7) is 0. The lowest BCUT2D eigenvalue weighted by atomic mass is 10.0. The van der Waals surface area contributed by atoms with Crippen molar-refractivity contribution in [1.29, 1.82) is 0 Å². The topological polar surface area (TPSA) is 19.9 Å². The molecule has 0 bridgehead atoms. The van der Waals surface area contributed by atoms with Gasteiger partial charge in [-0.25, -0.2) is 0 Å². The van der Waals surface area contributed by atoms with Crippen LogP contribution in [0.5, 0.6) is 5.75 Å². The molecule has 20 heavy (non-hydrogen) atoms. The van der Waals surface area contributed by atoms with E-state index in [1.807, 2.05) is 0 Å². The smallest absolute Gasteiger partial charge is 0.226 e. The monoisotopic (exact) mass is 455 g/mol. The zero-order chi connectivity index (χ0) is 16.0. The first kappa shape index (κ1) is 19.7. The van der Waals surface area contributed by atoms with Gasteiger partial charge in [0.15, 0.2) is 14.4 Å². The third kappa shape index (κ3) is 3.27. The quantitative estimate of drug-likeness (QED) is 0.427. The highest BCUT2D eigenvalue weighted by atomic mass is 35.6. The fourth-order valence-electron chi connectivity index (χ4n) is 1.27. The fourth-order valence-corrected chi connectivity index (χ4v) is 3.55. The molecule has 0 atom stereocenters. The molecule has 0 saturated carbocycles. The molecule has 1 rings (SSSR count). The molecule has 10 heteroatoms. The largest absolute Gasteiger partial charge is 0.290 e. The van der Waals surface area contributed by atoms with Gasteiger partial charge in [0.25, 0.3) is 0 Å². The van der Waals surface area contributed by atoms with Gasteiger partial charge in [0.05, 0.1) is 0 Å². The van der Waals surface area contributed by atoms with Crippen molar-refractivity contribution in [2.45, 2.75) is 16.8 Å². The van der Waals surface area contributed by atoms with E-state index in [1.165, 1.54) is 24.3 Å². The van der Waals surface area contributed by atoms with Gasteiger partial charge in [-0.1, -0.05) is 123 Å². The molecule has 0 fully saturated rings. The van der Waals surface area contributed by atoms with Crippen LogP contribution < -0.4 is 0 Å². The van der Waals surface area contributed by atoms with Crippen LogP contribution in [0.3, 0.4) is 0 Å². The van der Waals surface area contributed by atoms with Crippen molar-refractivity contribution in [3.8, 4) is 5.75 Å². The van der Waals surface area contributed by atoms with Crippen molar-refractivity contribution in [3.05, 3.63) is 29.8 Å². The first-order chi connectivity index (χ1) is 8.77. The Labute approximate surface area is 160 Å². The number of alkyl halides is 9. The maximum absolute atomic E-state index is 11.8. The van der Waals surface area contributed by atoms with Crippen molar-refractivity contribution in [3.63, 3.8) is 0 Å². The van der Waals surface area contributed by atoms with E-state index in [4.69, 9.17) is 104 Å². The summed E-state index contributed by atoms with van der Waals surface area (Å²) in [7, 11) is 0. The minimum absolute atomic E-state index is 0.159. The standard InChI is InChI=1S/C10H4Cl9O/c11-7(12,5-3-1-2-4-6(5)20)8(13,14)9(15,16)10(17,18)19/h1-4H. The summed E-state index contributed by atoms with van der Waals surface area (Å²) in [6, 6.07) is 5.49. The number of rotatable bonds is 3. The van der Waals surface area contributed by atoms with E-state index in [1.54, 1.807) is 0 Å². The van der Waals surface area contributed by atoms with Crippen LogP contribution in [0.4, 0.5) is 0 Å². The first-order valence-corrected chi connectivity index (χ1v) is 8.13. The van der Waals surface area contributed by atoms with Crippen molar-refractivity contribution >= 4 is 104 Å². The molecule has 0 aromatic heterocycles. The second-order valence-electron chi connectivity index (χ2n) is 3.72. The summed E-state index contributed by atoms with van der Waals surface area (Å²) >= 11 is 53.1. The molecule has 0 aliphatic heterocycles. The molecule has 113 valence electrons. The van der Waals surface area contributed by atoms with Gasteiger partial charge in [0, 0.05) is 5.56 Å². The normalized spacial score (nSPS) is 14.4. The van der Waals surface area contributed by atoms with Crippen LogP contribution in [0, 0.1) is 0 Å². The highest BCUT2D eigenvalue weighted by Crippen LogP contribution is 2.65. The van der Waals surface area contributed by atoms with Crippen LogP contribution >= 0.6 is 104 Å². The van der Waals surface area contributed by atoms with Crippen molar-refractivity contribution in [2.24, 2.45) is 0 Å². The third-order valence-corrected chi connectivity index (χ3v) is 7.82. The lowest BCUT2D eigenvalue weighted by Gasteiger charge is -2.43. The van der Waals surface area contributed by atoms with Crippen LogP contribution in [0.25, 0.3) is 0 Å². The lowest BCUT2D eigenvalue weighted by molar-refractivity contribution is 0.346. The minimum Gasteiger partial charge on any atom is -0.290 e. The molecule has 0 saturated heterocycles. The maximum Gasteiger partial charge on any atom is 0.226 e. The Hall–Kier alpha value is 1.63. The van der Waals surface area contributed by atoms with Gasteiger partial charge >= 0.3 is 0 Å². The molecule has 0 aliphatic rings. The summed E-state index contributed by atoms with van der Waals surface area (Å²) in [4.78, 5) is 0. The van der Waals surface area contributed by atoms with Crippen molar-refractivity contribution < 1.29 is 5.11 Å². The molecule has 0 spiro atoms. The van der Waals surface area contributed by atoms with Crippen LogP contribution in [0.2, 0.25) is 0 Å². The SMILES string of the molecule is [O]c1ccccc1C(Cl)(Cl)C(Cl)(Cl)C(Cl)(Cl)C(Cl)(Cl)Cl. The highest BCUT2D eigenvalue weighted by Gasteiger charge is 2.69. The minimum atomic E-state index is -2.42. The average molecular weight is 459 g/mol. The van der Waals surface area contributed by atoms with E-state index < -0.39 is 22.5 Å². The van der Waals surface area contributed by atoms with Gasteiger partial charge in [-0.15, -0.1) is 0 Å². The lowest BCUT2D eigenvalue weighted by Crippen LogP contribution is -2.54. The number of para-hydroxylation sites is 1. The average Bonchev–Trinajstić information content (AvgIpc) is 2.27. The van der Waals surface area contributed by atoms with E-state index in [-0.39, 0.29) is 5.56 Å². The predicted molar refractivity (Wildman–Crippen MR) is 89.1 cm³/mol. The molecule has 1 nitrogen and oxygen atoms in total. The van der Waals surface area contributed by atoms with E-state index >= 15 is 0 Å². The van der Waals surface area contributed by atoms with Crippen LogP contribution in [-0.2, 0) is 9.44 Å². The second-order valence-corrected chi connectivity index (χ2v) is 9.98. The van der Waals surface area contributed by atoms with E-state index in [0.29, 0.717) is 0 Å². The molecule has 0 heterocycles. The zero-order valence-electron chi connectivity index (χ0n) is 9.12. The van der Waals surface area contributed by atoms with Gasteiger partial charge in [-0.3, -0.25) is 5.11 Å². The summed E-state index contributed by atoms with van der Waals surface area (Å²) in [5, 5.41) is 11.8. The molecule has 0 amide bonds. The number of halogens is 9. The molecule has 1 aromatic rings. The number of hydrogen-bond donors (Lipinski definition) is 0. The zero-order valence-corrected chi connectivity index (χ0v) is 15.9. The number of hydrogen-bond acceptors (Lipinski definition) is 0. The summed E-state index contributed by atoms with van der Waals surface area (Å²) in [5.41, 5.74) is -0.159. The van der Waals surface area contributed by atoms with Crippen molar-refractivity contribution in [2.75, 3.05) is 0 Å². The van der Waals surface area contributed by atoms with Gasteiger partial charge < -0.3 is 0 Å². The van der Waals surface area contributed by atoms with Crippen molar-refractivity contribution in [1.82, 2.24) is 0 Å². The van der Waals surface area contributed by atoms with E-state index in [2.05, 4.69) is 0 Å². The summed E-state index contributed by atoms with van der Waals surface area (Å²) < 4.78 is -9.40. The third-order valence-electron chi connectivity index (χ3n) is 2.37. The highest BCUT2D eigenvalue weighted by molar-refractivity contribution is 6.80. The first-order valence-electron chi connectivity index (χ1n) is 4.73. The predicted octanol–water partition coefficient (Wildman–Crippen LogP) is 7.18. The Morgan fingerprint density at radius 3 is 1.55 bits per heavy atom. The summed E-state index contributed by atoms with van der Waals surface area (Å²) in [5.74, 6) is -0.531. The summed E-state index contributed by atoms with van der Waals surface area (Å²) in [6.07, 6.45) is 0. The van der Waals surface area contributed by atoms with Crippen LogP contribution in [0.15, 0.2) is 24.3 Å². The van der Waals surface area contributed by atoms with Crippen LogP contribution in [0.1, 0.15) is 5.56 Å². The van der Waals surface area contributed by atoms with E-state index in [9.17, 15) is 5.11 Å². The van der Waals surface area contributed by atoms with E-state index in [0.717, 1.165) is 0 Å². The molecular weight excluding hydrogens is 455 g/mol. The van der Waals surface area contributed by atoms with Gasteiger partial charge in [-0.2, -0.15) is 0 Å². The molecule has 1 radical (unpaired) electrons. The fraction of sp³-hybridized carbons (Fsp3) is 0.400. The van der Waals surface area contributed by atoms with Crippen LogP contribution in [-0.4, -0.2) is 12.5 Å². The molecule has 0 aliphatic carbocycles. The Balaban J connectivity index is 3.44. The van der Waals surface area contributed by atoms with Gasteiger partial charge in [-0.05, 0) is 6.07 Å². The molecule has 0 unspecified atom stereocenters. The number of benzene rings is 1. The Kier molecular flexibility index (Phi) is 6.16. The molecular formula is C10H4Cl9O. The Morgan fingerprint density at radius 1 is 0.700 bits per heavy atom. The second kappa shape index (κ2) is 6.26. The van der Waals surface area contributed by atoms with Gasteiger partial charge in [0.2, 0.25) is 8.13 Å². The molecule has 0 N–H and O–H groups in total. The molecule has 1 aromatic carbocycles.